The van der Waals surface area contributed by atoms with Crippen molar-refractivity contribution in [1.82, 2.24) is 5.32 Å². The smallest absolute Gasteiger partial charge is 0.337 e. The van der Waals surface area contributed by atoms with Crippen LogP contribution in [0.25, 0.3) is 0 Å². The predicted molar refractivity (Wildman–Crippen MR) is 96.8 cm³/mol. The normalized spacial score (nSPS) is 11.5. The van der Waals surface area contributed by atoms with E-state index in [2.05, 4.69) is 10.1 Å². The highest BCUT2D eigenvalue weighted by Crippen LogP contribution is 2.25. The molecule has 2 rings (SSSR count). The maximum atomic E-state index is 12.4. The number of rotatable bonds is 6. The minimum absolute atomic E-state index is 0.0870. The fraction of sp³-hybridized carbons (Fsp3) is 0.167. The van der Waals surface area contributed by atoms with Crippen LogP contribution < -0.4 is 5.32 Å². The summed E-state index contributed by atoms with van der Waals surface area (Å²) >= 11 is 12.1. The number of benzene rings is 2. The summed E-state index contributed by atoms with van der Waals surface area (Å²) in [4.78, 5) is 35.5. The molecule has 0 bridgehead atoms. The minimum atomic E-state index is -1.25. The zero-order valence-corrected chi connectivity index (χ0v) is 15.2. The SMILES string of the molecule is COC(=O)c1cccc(C(=O)N[C@@H](Cc2c(Cl)cccc2Cl)C(=O)O)c1. The van der Waals surface area contributed by atoms with Crippen molar-refractivity contribution in [3.05, 3.63) is 69.2 Å². The van der Waals surface area contributed by atoms with Crippen molar-refractivity contribution in [2.75, 3.05) is 7.11 Å². The summed E-state index contributed by atoms with van der Waals surface area (Å²) in [5.41, 5.74) is 0.734. The molecule has 0 aliphatic carbocycles. The number of halogens is 2. The molecule has 2 N–H and O–H groups in total. The fourth-order valence-electron chi connectivity index (χ4n) is 2.28. The monoisotopic (exact) mass is 395 g/mol. The zero-order valence-electron chi connectivity index (χ0n) is 13.7. The summed E-state index contributed by atoms with van der Waals surface area (Å²) in [5, 5.41) is 12.5. The van der Waals surface area contributed by atoms with Crippen LogP contribution in [0.4, 0.5) is 0 Å². The summed E-state index contributed by atoms with van der Waals surface area (Å²) in [5.74, 6) is -2.48. The van der Waals surface area contributed by atoms with Gasteiger partial charge in [0.05, 0.1) is 12.7 Å². The van der Waals surface area contributed by atoms with Crippen LogP contribution >= 0.6 is 23.2 Å². The summed E-state index contributed by atoms with van der Waals surface area (Å²) < 4.78 is 4.60. The number of hydrogen-bond donors (Lipinski definition) is 2. The van der Waals surface area contributed by atoms with Crippen LogP contribution in [-0.4, -0.2) is 36.1 Å². The molecule has 8 heteroatoms. The number of carboxylic acids is 1. The Bertz CT molecular complexity index is 833. The van der Waals surface area contributed by atoms with Crippen LogP contribution in [0.2, 0.25) is 10.0 Å². The van der Waals surface area contributed by atoms with E-state index in [0.29, 0.717) is 15.6 Å². The van der Waals surface area contributed by atoms with Gasteiger partial charge in [0.25, 0.3) is 5.91 Å². The van der Waals surface area contributed by atoms with Crippen molar-refractivity contribution in [2.45, 2.75) is 12.5 Å². The van der Waals surface area contributed by atoms with Gasteiger partial charge in [-0.15, -0.1) is 0 Å². The number of nitrogens with one attached hydrogen (secondary N) is 1. The van der Waals surface area contributed by atoms with Gasteiger partial charge < -0.3 is 15.2 Å². The van der Waals surface area contributed by atoms with Crippen LogP contribution in [-0.2, 0) is 16.0 Å². The van der Waals surface area contributed by atoms with E-state index in [-0.39, 0.29) is 17.5 Å². The summed E-state index contributed by atoms with van der Waals surface area (Å²) in [7, 11) is 1.23. The Morgan fingerprint density at radius 3 is 2.23 bits per heavy atom. The number of amides is 1. The molecule has 1 amide bonds. The average molecular weight is 396 g/mol. The molecule has 136 valence electrons. The number of methoxy groups -OCH3 is 1. The molecule has 0 saturated heterocycles. The molecule has 6 nitrogen and oxygen atoms in total. The maximum absolute atomic E-state index is 12.4. The first-order valence-electron chi connectivity index (χ1n) is 7.48. The van der Waals surface area contributed by atoms with Gasteiger partial charge >= 0.3 is 11.9 Å². The van der Waals surface area contributed by atoms with E-state index < -0.39 is 23.9 Å². The predicted octanol–water partition coefficient (Wildman–Crippen LogP) is 3.21. The Morgan fingerprint density at radius 2 is 1.65 bits per heavy atom. The van der Waals surface area contributed by atoms with Gasteiger partial charge in [-0.3, -0.25) is 4.79 Å². The largest absolute Gasteiger partial charge is 0.480 e. The van der Waals surface area contributed by atoms with Gasteiger partial charge in [-0.25, -0.2) is 9.59 Å². The lowest BCUT2D eigenvalue weighted by Gasteiger charge is -2.16. The Kier molecular flexibility index (Phi) is 6.60. The Balaban J connectivity index is 2.21. The van der Waals surface area contributed by atoms with E-state index in [4.69, 9.17) is 23.2 Å². The van der Waals surface area contributed by atoms with Crippen molar-refractivity contribution in [3.8, 4) is 0 Å². The lowest BCUT2D eigenvalue weighted by atomic mass is 10.0. The van der Waals surface area contributed by atoms with E-state index in [9.17, 15) is 19.5 Å². The zero-order chi connectivity index (χ0) is 19.3. The van der Waals surface area contributed by atoms with Crippen LogP contribution in [0.3, 0.4) is 0 Å². The van der Waals surface area contributed by atoms with Crippen molar-refractivity contribution < 1.29 is 24.2 Å². The van der Waals surface area contributed by atoms with E-state index in [1.807, 2.05) is 0 Å². The van der Waals surface area contributed by atoms with E-state index in [1.165, 1.54) is 31.4 Å². The number of ether oxygens (including phenoxy) is 1. The summed E-state index contributed by atoms with van der Waals surface area (Å²) in [6.07, 6.45) is -0.0870. The first-order chi connectivity index (χ1) is 12.3. The molecule has 0 spiro atoms. The molecule has 2 aromatic rings. The summed E-state index contributed by atoms with van der Waals surface area (Å²) in [6, 6.07) is 9.34. The highest BCUT2D eigenvalue weighted by Gasteiger charge is 2.23. The van der Waals surface area contributed by atoms with Gasteiger partial charge in [-0.1, -0.05) is 35.3 Å². The second-order valence-electron chi connectivity index (χ2n) is 5.34. The Hall–Kier alpha value is -2.57. The summed E-state index contributed by atoms with van der Waals surface area (Å²) in [6.45, 7) is 0. The van der Waals surface area contributed by atoms with Crippen molar-refractivity contribution in [1.29, 1.82) is 0 Å². The van der Waals surface area contributed by atoms with Gasteiger partial charge in [0.1, 0.15) is 6.04 Å². The Labute approximate surface area is 159 Å². The van der Waals surface area contributed by atoms with Crippen molar-refractivity contribution >= 4 is 41.0 Å². The molecule has 1 atom stereocenters. The number of aliphatic carboxylic acids is 1. The van der Waals surface area contributed by atoms with Crippen LogP contribution in [0.15, 0.2) is 42.5 Å². The van der Waals surface area contributed by atoms with Gasteiger partial charge in [0.15, 0.2) is 0 Å². The third kappa shape index (κ3) is 4.74. The van der Waals surface area contributed by atoms with E-state index >= 15 is 0 Å². The first kappa shape index (κ1) is 19.8. The number of carboxylic acid groups (broad SMARTS) is 1. The highest BCUT2D eigenvalue weighted by atomic mass is 35.5. The molecule has 0 fully saturated rings. The quantitative estimate of drug-likeness (QED) is 0.732. The number of esters is 1. The van der Waals surface area contributed by atoms with Crippen LogP contribution in [0, 0.1) is 0 Å². The van der Waals surface area contributed by atoms with Crippen LogP contribution in [0.5, 0.6) is 0 Å². The average Bonchev–Trinajstić information content (AvgIpc) is 2.62. The second-order valence-corrected chi connectivity index (χ2v) is 6.16. The fourth-order valence-corrected chi connectivity index (χ4v) is 2.83. The molecule has 0 aromatic heterocycles. The molecule has 0 saturated carbocycles. The van der Waals surface area contributed by atoms with Gasteiger partial charge in [0.2, 0.25) is 0 Å². The molecule has 0 unspecified atom stereocenters. The number of hydrogen-bond acceptors (Lipinski definition) is 4. The molecule has 26 heavy (non-hydrogen) atoms. The van der Waals surface area contributed by atoms with E-state index in [1.54, 1.807) is 18.2 Å². The number of carbonyl (C=O) groups is 3. The third-order valence-electron chi connectivity index (χ3n) is 3.62. The molecular weight excluding hydrogens is 381 g/mol. The number of carbonyl (C=O) groups excluding carboxylic acids is 2. The third-order valence-corrected chi connectivity index (χ3v) is 4.33. The molecule has 0 heterocycles. The lowest BCUT2D eigenvalue weighted by molar-refractivity contribution is -0.139. The van der Waals surface area contributed by atoms with Crippen molar-refractivity contribution in [3.63, 3.8) is 0 Å². The van der Waals surface area contributed by atoms with Gasteiger partial charge in [-0.05, 0) is 35.9 Å². The Morgan fingerprint density at radius 1 is 1.08 bits per heavy atom. The molecule has 2 aromatic carbocycles. The molecular formula is C18H15Cl2NO5. The highest BCUT2D eigenvalue weighted by molar-refractivity contribution is 6.36. The van der Waals surface area contributed by atoms with Crippen LogP contribution in [0.1, 0.15) is 26.3 Å². The minimum Gasteiger partial charge on any atom is -0.480 e. The molecule has 0 aliphatic rings. The maximum Gasteiger partial charge on any atom is 0.337 e. The van der Waals surface area contributed by atoms with Gasteiger partial charge in [-0.2, -0.15) is 0 Å². The van der Waals surface area contributed by atoms with E-state index in [0.717, 1.165) is 0 Å². The topological polar surface area (TPSA) is 92.7 Å². The second kappa shape index (κ2) is 8.69. The van der Waals surface area contributed by atoms with Gasteiger partial charge in [0, 0.05) is 22.0 Å². The molecule has 0 radical (unpaired) electrons. The molecule has 0 aliphatic heterocycles. The standard InChI is InChI=1S/C18H15Cl2NO5/c1-26-18(25)11-5-2-4-10(8-11)16(22)21-15(17(23)24)9-12-13(19)6-3-7-14(12)20/h2-8,15H,9H2,1H3,(H,21,22)(H,23,24)/t15-/m0/s1. The first-order valence-corrected chi connectivity index (χ1v) is 8.24. The lowest BCUT2D eigenvalue weighted by Crippen LogP contribution is -2.42. The van der Waals surface area contributed by atoms with Crippen molar-refractivity contribution in [2.24, 2.45) is 0 Å².